The average molecular weight is 317 g/mol. The largest absolute Gasteiger partial charge is 0.481 e. The average Bonchev–Trinajstić information content (AvgIpc) is 2.44. The Labute approximate surface area is 123 Å². The van der Waals surface area contributed by atoms with Gasteiger partial charge in [-0.1, -0.05) is 12.1 Å². The summed E-state index contributed by atoms with van der Waals surface area (Å²) in [5.41, 5.74) is 0.746. The molecular formula is C13H19NO6S. The second-order valence-electron chi connectivity index (χ2n) is 4.50. The smallest absolute Gasteiger partial charge is 0.303 e. The molecule has 1 rings (SSSR count). The molecule has 118 valence electrons. The summed E-state index contributed by atoms with van der Waals surface area (Å²) in [5, 5.41) is 18.0. The Kier molecular flexibility index (Phi) is 6.76. The van der Waals surface area contributed by atoms with Gasteiger partial charge in [-0.15, -0.1) is 0 Å². The molecule has 0 radical (unpaired) electrons. The molecule has 0 saturated carbocycles. The maximum absolute atomic E-state index is 12.0. The number of ether oxygens (including phenoxy) is 1. The monoisotopic (exact) mass is 317 g/mol. The standard InChI is InChI=1S/C13H19NO6S/c1-20-9-11(15)8-14-21(18,19)12-5-2-10(3-6-12)4-7-13(16)17/h2-3,5-6,11,14-15H,4,7-9H2,1H3,(H,16,17). The van der Waals surface area contributed by atoms with Crippen LogP contribution in [0.4, 0.5) is 0 Å². The number of aliphatic carboxylic acids is 1. The molecule has 0 heterocycles. The lowest BCUT2D eigenvalue weighted by molar-refractivity contribution is -0.136. The molecule has 0 spiro atoms. The number of carbonyl (C=O) groups is 1. The minimum atomic E-state index is -3.70. The van der Waals surface area contributed by atoms with E-state index in [0.29, 0.717) is 6.42 Å². The predicted octanol–water partition coefficient (Wildman–Crippen LogP) is -0.0106. The van der Waals surface area contributed by atoms with E-state index in [9.17, 15) is 18.3 Å². The highest BCUT2D eigenvalue weighted by atomic mass is 32.2. The van der Waals surface area contributed by atoms with E-state index < -0.39 is 22.1 Å². The van der Waals surface area contributed by atoms with Crippen molar-refractivity contribution in [2.24, 2.45) is 0 Å². The molecule has 1 aromatic carbocycles. The lowest BCUT2D eigenvalue weighted by atomic mass is 10.1. The van der Waals surface area contributed by atoms with Gasteiger partial charge < -0.3 is 14.9 Å². The number of aliphatic hydroxyl groups is 1. The molecule has 3 N–H and O–H groups in total. The first-order valence-electron chi connectivity index (χ1n) is 6.32. The molecule has 1 aromatic rings. The highest BCUT2D eigenvalue weighted by Crippen LogP contribution is 2.12. The van der Waals surface area contributed by atoms with Crippen molar-refractivity contribution >= 4 is 16.0 Å². The predicted molar refractivity (Wildman–Crippen MR) is 75.5 cm³/mol. The van der Waals surface area contributed by atoms with Crippen molar-refractivity contribution in [3.8, 4) is 0 Å². The van der Waals surface area contributed by atoms with Crippen LogP contribution < -0.4 is 4.72 Å². The zero-order valence-electron chi connectivity index (χ0n) is 11.7. The number of hydrogen-bond acceptors (Lipinski definition) is 5. The minimum absolute atomic E-state index is 0.00639. The Balaban J connectivity index is 2.64. The second-order valence-corrected chi connectivity index (χ2v) is 6.27. The van der Waals surface area contributed by atoms with Gasteiger partial charge in [0.1, 0.15) is 0 Å². The van der Waals surface area contributed by atoms with E-state index in [1.165, 1.54) is 19.2 Å². The van der Waals surface area contributed by atoms with Crippen molar-refractivity contribution in [2.45, 2.75) is 23.8 Å². The molecule has 8 heteroatoms. The van der Waals surface area contributed by atoms with Crippen molar-refractivity contribution in [2.75, 3.05) is 20.3 Å². The summed E-state index contributed by atoms with van der Waals surface area (Å²) in [6.07, 6.45) is -0.581. The molecular weight excluding hydrogens is 298 g/mol. The lowest BCUT2D eigenvalue weighted by Gasteiger charge is -2.11. The van der Waals surface area contributed by atoms with Crippen molar-refractivity contribution < 1.29 is 28.2 Å². The molecule has 0 aromatic heterocycles. The molecule has 7 nitrogen and oxygen atoms in total. The van der Waals surface area contributed by atoms with Crippen molar-refractivity contribution in [1.29, 1.82) is 0 Å². The summed E-state index contributed by atoms with van der Waals surface area (Å²) in [5.74, 6) is -0.902. The third-order valence-corrected chi connectivity index (χ3v) is 4.17. The fourth-order valence-corrected chi connectivity index (χ4v) is 2.70. The Hall–Kier alpha value is -1.48. The van der Waals surface area contributed by atoms with Crippen LogP contribution in [0.2, 0.25) is 0 Å². The first kappa shape index (κ1) is 17.6. The first-order chi connectivity index (χ1) is 9.85. The Bertz CT molecular complexity index is 555. The van der Waals surface area contributed by atoms with E-state index in [-0.39, 0.29) is 24.5 Å². The van der Waals surface area contributed by atoms with Gasteiger partial charge in [0.05, 0.1) is 17.6 Å². The Morgan fingerprint density at radius 1 is 1.33 bits per heavy atom. The third kappa shape index (κ3) is 6.21. The second kappa shape index (κ2) is 8.08. The number of rotatable bonds is 9. The number of sulfonamides is 1. The van der Waals surface area contributed by atoms with Crippen LogP contribution in [0.5, 0.6) is 0 Å². The van der Waals surface area contributed by atoms with E-state index in [0.717, 1.165) is 5.56 Å². The summed E-state index contributed by atoms with van der Waals surface area (Å²) < 4.78 is 30.9. The van der Waals surface area contributed by atoms with Crippen LogP contribution in [0.15, 0.2) is 29.2 Å². The van der Waals surface area contributed by atoms with E-state index in [4.69, 9.17) is 9.84 Å². The molecule has 0 aliphatic rings. The molecule has 21 heavy (non-hydrogen) atoms. The van der Waals surface area contributed by atoms with E-state index >= 15 is 0 Å². The summed E-state index contributed by atoms with van der Waals surface area (Å²) in [4.78, 5) is 10.5. The van der Waals surface area contributed by atoms with Gasteiger partial charge in [-0.05, 0) is 24.1 Å². The van der Waals surface area contributed by atoms with Gasteiger partial charge in [0, 0.05) is 20.1 Å². The van der Waals surface area contributed by atoms with Crippen LogP contribution in [-0.4, -0.2) is 51.0 Å². The summed E-state index contributed by atoms with van der Waals surface area (Å²) in [7, 11) is -2.29. The van der Waals surface area contributed by atoms with Gasteiger partial charge in [0.2, 0.25) is 10.0 Å². The molecule has 0 aliphatic heterocycles. The van der Waals surface area contributed by atoms with E-state index in [1.807, 2.05) is 0 Å². The van der Waals surface area contributed by atoms with Gasteiger partial charge in [0.25, 0.3) is 0 Å². The topological polar surface area (TPSA) is 113 Å². The number of carboxylic acid groups (broad SMARTS) is 1. The number of hydrogen-bond donors (Lipinski definition) is 3. The van der Waals surface area contributed by atoms with Crippen LogP contribution in [-0.2, 0) is 26.0 Å². The molecule has 0 fully saturated rings. The number of aliphatic hydroxyl groups excluding tert-OH is 1. The SMILES string of the molecule is COCC(O)CNS(=O)(=O)c1ccc(CCC(=O)O)cc1. The summed E-state index contributed by atoms with van der Waals surface area (Å²) >= 11 is 0. The van der Waals surface area contributed by atoms with Crippen LogP contribution >= 0.6 is 0 Å². The first-order valence-corrected chi connectivity index (χ1v) is 7.81. The summed E-state index contributed by atoms with van der Waals surface area (Å²) in [6, 6.07) is 5.95. The molecule has 0 bridgehead atoms. The Morgan fingerprint density at radius 2 is 1.95 bits per heavy atom. The summed E-state index contributed by atoms with van der Waals surface area (Å²) in [6.45, 7) is -0.104. The van der Waals surface area contributed by atoms with Crippen molar-refractivity contribution in [1.82, 2.24) is 4.72 Å². The maximum Gasteiger partial charge on any atom is 0.303 e. The van der Waals surface area contributed by atoms with Gasteiger partial charge in [-0.25, -0.2) is 13.1 Å². The molecule has 1 atom stereocenters. The number of carboxylic acids is 1. The molecule has 0 amide bonds. The number of methoxy groups -OCH3 is 1. The lowest BCUT2D eigenvalue weighted by Crippen LogP contribution is -2.34. The van der Waals surface area contributed by atoms with Crippen LogP contribution in [0, 0.1) is 0 Å². The van der Waals surface area contributed by atoms with Gasteiger partial charge >= 0.3 is 5.97 Å². The normalized spacial score (nSPS) is 13.0. The Morgan fingerprint density at radius 3 is 2.48 bits per heavy atom. The fourth-order valence-electron chi connectivity index (χ4n) is 1.63. The molecule has 1 unspecified atom stereocenters. The highest BCUT2D eigenvalue weighted by molar-refractivity contribution is 7.89. The van der Waals surface area contributed by atoms with Crippen LogP contribution in [0.3, 0.4) is 0 Å². The quantitative estimate of drug-likeness (QED) is 0.590. The molecule has 0 aliphatic carbocycles. The number of aryl methyl sites for hydroxylation is 1. The van der Waals surface area contributed by atoms with Gasteiger partial charge in [-0.2, -0.15) is 0 Å². The van der Waals surface area contributed by atoms with Crippen molar-refractivity contribution in [3.05, 3.63) is 29.8 Å². The van der Waals surface area contributed by atoms with Gasteiger partial charge in [-0.3, -0.25) is 4.79 Å². The van der Waals surface area contributed by atoms with E-state index in [2.05, 4.69) is 4.72 Å². The van der Waals surface area contributed by atoms with Crippen LogP contribution in [0.25, 0.3) is 0 Å². The maximum atomic E-state index is 12.0. The zero-order valence-corrected chi connectivity index (χ0v) is 12.5. The number of nitrogens with one attached hydrogen (secondary N) is 1. The zero-order chi connectivity index (χ0) is 15.9. The van der Waals surface area contributed by atoms with Crippen LogP contribution in [0.1, 0.15) is 12.0 Å². The fraction of sp³-hybridized carbons (Fsp3) is 0.462. The molecule has 0 saturated heterocycles. The van der Waals surface area contributed by atoms with Gasteiger partial charge in [0.15, 0.2) is 0 Å². The highest BCUT2D eigenvalue weighted by Gasteiger charge is 2.15. The minimum Gasteiger partial charge on any atom is -0.481 e. The van der Waals surface area contributed by atoms with Crippen molar-refractivity contribution in [3.63, 3.8) is 0 Å². The number of benzene rings is 1. The van der Waals surface area contributed by atoms with E-state index in [1.54, 1.807) is 12.1 Å². The third-order valence-electron chi connectivity index (χ3n) is 2.73.